The van der Waals surface area contributed by atoms with Crippen LogP contribution in [0.4, 0.5) is 0 Å². The lowest BCUT2D eigenvalue weighted by molar-refractivity contribution is 0.277. The Kier molecular flexibility index (Phi) is 11.6. The molecular weight excluding hydrogens is 198 g/mol. The van der Waals surface area contributed by atoms with E-state index in [1.54, 1.807) is 14.2 Å². The Labute approximate surface area is 100 Å². The molecule has 2 nitrogen and oxygen atoms in total. The summed E-state index contributed by atoms with van der Waals surface area (Å²) in [6.45, 7) is 4.38. The Balaban J connectivity index is 0.000000673. The molecule has 0 saturated carbocycles. The van der Waals surface area contributed by atoms with Gasteiger partial charge in [-0.1, -0.05) is 50.1 Å². The summed E-state index contributed by atoms with van der Waals surface area (Å²) in [5, 5.41) is 3.44. The van der Waals surface area contributed by atoms with Crippen LogP contribution in [0.15, 0.2) is 30.3 Å². The fourth-order valence-electron chi connectivity index (χ4n) is 1.33. The molecule has 2 heteroatoms. The first-order valence-corrected chi connectivity index (χ1v) is 5.99. The lowest BCUT2D eigenvalue weighted by Gasteiger charge is -2.03. The fraction of sp³-hybridized carbons (Fsp3) is 0.571. The molecule has 0 aliphatic carbocycles. The molecule has 0 amide bonds. The maximum Gasteiger partial charge on any atom is 0.0351 e. The monoisotopic (exact) mass is 223 g/mol. The van der Waals surface area contributed by atoms with E-state index in [0.29, 0.717) is 0 Å². The Bertz CT molecular complexity index is 223. The SMILES string of the molecule is CCCCCNCc1ccccc1.COC. The Morgan fingerprint density at radius 2 is 1.69 bits per heavy atom. The predicted octanol–water partition coefficient (Wildman–Crippen LogP) is 3.23. The Hall–Kier alpha value is -0.860. The highest BCUT2D eigenvalue weighted by atomic mass is 16.4. The summed E-state index contributed by atoms with van der Waals surface area (Å²) in [6.07, 6.45) is 3.93. The van der Waals surface area contributed by atoms with Crippen LogP contribution >= 0.6 is 0 Å². The van der Waals surface area contributed by atoms with E-state index in [0.717, 1.165) is 13.1 Å². The standard InChI is InChI=1S/C12H19N.C2H6O/c1-2-3-7-10-13-11-12-8-5-4-6-9-12;1-3-2/h4-6,8-9,13H,2-3,7,10-11H2,1H3;1-2H3. The van der Waals surface area contributed by atoms with Crippen molar-refractivity contribution >= 4 is 0 Å². The van der Waals surface area contributed by atoms with Gasteiger partial charge in [-0.15, -0.1) is 0 Å². The first-order valence-electron chi connectivity index (χ1n) is 5.99. The summed E-state index contributed by atoms with van der Waals surface area (Å²) < 4.78 is 4.25. The van der Waals surface area contributed by atoms with Crippen LogP contribution in [0.5, 0.6) is 0 Å². The fourth-order valence-corrected chi connectivity index (χ4v) is 1.33. The van der Waals surface area contributed by atoms with Crippen molar-refractivity contribution in [2.24, 2.45) is 0 Å². The summed E-state index contributed by atoms with van der Waals surface area (Å²) in [5.41, 5.74) is 1.37. The quantitative estimate of drug-likeness (QED) is 0.748. The van der Waals surface area contributed by atoms with Crippen LogP contribution in [0.2, 0.25) is 0 Å². The Morgan fingerprint density at radius 3 is 2.25 bits per heavy atom. The predicted molar refractivity (Wildman–Crippen MR) is 70.6 cm³/mol. The number of ether oxygens (including phenoxy) is 1. The van der Waals surface area contributed by atoms with Crippen LogP contribution in [0.25, 0.3) is 0 Å². The van der Waals surface area contributed by atoms with Crippen LogP contribution in [0.1, 0.15) is 31.7 Å². The molecule has 0 atom stereocenters. The number of hydrogen-bond donors (Lipinski definition) is 1. The molecule has 0 aliphatic rings. The van der Waals surface area contributed by atoms with Crippen molar-refractivity contribution in [1.29, 1.82) is 0 Å². The maximum atomic E-state index is 4.25. The zero-order chi connectivity index (χ0) is 12.1. The van der Waals surface area contributed by atoms with Crippen molar-refractivity contribution in [3.63, 3.8) is 0 Å². The van der Waals surface area contributed by atoms with Gasteiger partial charge in [0.05, 0.1) is 0 Å². The lowest BCUT2D eigenvalue weighted by Crippen LogP contribution is -2.14. The molecule has 0 spiro atoms. The zero-order valence-corrected chi connectivity index (χ0v) is 10.8. The van der Waals surface area contributed by atoms with E-state index in [4.69, 9.17) is 0 Å². The molecule has 1 aromatic rings. The maximum absolute atomic E-state index is 4.25. The summed E-state index contributed by atoms with van der Waals surface area (Å²) in [7, 11) is 3.25. The minimum atomic E-state index is 1.00. The first-order chi connectivity index (χ1) is 7.85. The summed E-state index contributed by atoms with van der Waals surface area (Å²) in [4.78, 5) is 0. The third-order valence-electron chi connectivity index (χ3n) is 2.13. The number of hydrogen-bond acceptors (Lipinski definition) is 2. The second-order valence-electron chi connectivity index (χ2n) is 3.78. The largest absolute Gasteiger partial charge is 0.388 e. The highest BCUT2D eigenvalue weighted by Gasteiger charge is 1.89. The van der Waals surface area contributed by atoms with Crippen molar-refractivity contribution in [3.05, 3.63) is 35.9 Å². The molecule has 0 aromatic heterocycles. The lowest BCUT2D eigenvalue weighted by atomic mass is 10.2. The van der Waals surface area contributed by atoms with Crippen molar-refractivity contribution in [1.82, 2.24) is 5.32 Å². The van der Waals surface area contributed by atoms with Crippen LogP contribution in [0, 0.1) is 0 Å². The van der Waals surface area contributed by atoms with Gasteiger partial charge in [-0.25, -0.2) is 0 Å². The van der Waals surface area contributed by atoms with Gasteiger partial charge >= 0.3 is 0 Å². The van der Waals surface area contributed by atoms with Crippen molar-refractivity contribution in [2.45, 2.75) is 32.7 Å². The molecule has 1 aromatic carbocycles. The molecule has 1 rings (SSSR count). The van der Waals surface area contributed by atoms with Gasteiger partial charge in [0.2, 0.25) is 0 Å². The van der Waals surface area contributed by atoms with E-state index in [2.05, 4.69) is 47.3 Å². The molecule has 0 bridgehead atoms. The highest BCUT2D eigenvalue weighted by Crippen LogP contribution is 1.97. The topological polar surface area (TPSA) is 21.3 Å². The van der Waals surface area contributed by atoms with E-state index in [-0.39, 0.29) is 0 Å². The van der Waals surface area contributed by atoms with Crippen molar-refractivity contribution in [2.75, 3.05) is 20.8 Å². The molecule has 0 saturated heterocycles. The van der Waals surface area contributed by atoms with Gasteiger partial charge in [-0.3, -0.25) is 0 Å². The van der Waals surface area contributed by atoms with Gasteiger partial charge in [0, 0.05) is 20.8 Å². The molecule has 92 valence electrons. The second-order valence-corrected chi connectivity index (χ2v) is 3.78. The molecular formula is C14H25NO. The average Bonchev–Trinajstić information content (AvgIpc) is 2.31. The molecule has 16 heavy (non-hydrogen) atoms. The third kappa shape index (κ3) is 9.69. The van der Waals surface area contributed by atoms with Crippen LogP contribution in [0.3, 0.4) is 0 Å². The summed E-state index contributed by atoms with van der Waals surface area (Å²) in [5.74, 6) is 0. The zero-order valence-electron chi connectivity index (χ0n) is 10.8. The smallest absolute Gasteiger partial charge is 0.0351 e. The number of benzene rings is 1. The van der Waals surface area contributed by atoms with Gasteiger partial charge in [-0.05, 0) is 18.5 Å². The normalized spacial score (nSPS) is 9.44. The number of unbranched alkanes of at least 4 members (excludes halogenated alkanes) is 2. The van der Waals surface area contributed by atoms with Crippen molar-refractivity contribution < 1.29 is 4.74 Å². The first kappa shape index (κ1) is 15.1. The van der Waals surface area contributed by atoms with E-state index in [1.807, 2.05) is 0 Å². The number of rotatable bonds is 6. The Morgan fingerprint density at radius 1 is 1.06 bits per heavy atom. The van der Waals surface area contributed by atoms with E-state index < -0.39 is 0 Å². The summed E-state index contributed by atoms with van der Waals surface area (Å²) in [6, 6.07) is 10.5. The van der Waals surface area contributed by atoms with Gasteiger partial charge in [-0.2, -0.15) is 0 Å². The summed E-state index contributed by atoms with van der Waals surface area (Å²) >= 11 is 0. The van der Waals surface area contributed by atoms with Crippen LogP contribution in [-0.2, 0) is 11.3 Å². The van der Waals surface area contributed by atoms with E-state index in [9.17, 15) is 0 Å². The molecule has 0 aliphatic heterocycles. The van der Waals surface area contributed by atoms with Crippen molar-refractivity contribution in [3.8, 4) is 0 Å². The van der Waals surface area contributed by atoms with Crippen LogP contribution < -0.4 is 5.32 Å². The molecule has 0 unspecified atom stereocenters. The number of nitrogens with one attached hydrogen (secondary N) is 1. The van der Waals surface area contributed by atoms with Gasteiger partial charge < -0.3 is 10.1 Å². The highest BCUT2D eigenvalue weighted by molar-refractivity contribution is 5.14. The van der Waals surface area contributed by atoms with Gasteiger partial charge in [0.15, 0.2) is 0 Å². The molecule has 0 radical (unpaired) electrons. The third-order valence-corrected chi connectivity index (χ3v) is 2.13. The minimum Gasteiger partial charge on any atom is -0.388 e. The van der Waals surface area contributed by atoms with E-state index in [1.165, 1.54) is 24.8 Å². The second kappa shape index (κ2) is 12.2. The van der Waals surface area contributed by atoms with E-state index >= 15 is 0 Å². The van der Waals surface area contributed by atoms with Gasteiger partial charge in [0.1, 0.15) is 0 Å². The van der Waals surface area contributed by atoms with Crippen LogP contribution in [-0.4, -0.2) is 20.8 Å². The molecule has 0 heterocycles. The van der Waals surface area contributed by atoms with Gasteiger partial charge in [0.25, 0.3) is 0 Å². The number of methoxy groups -OCH3 is 1. The molecule has 1 N–H and O–H groups in total. The molecule has 0 fully saturated rings. The average molecular weight is 223 g/mol. The minimum absolute atomic E-state index is 1.00.